The van der Waals surface area contributed by atoms with Crippen LogP contribution in [0, 0.1) is 6.92 Å². The fourth-order valence-electron chi connectivity index (χ4n) is 2.21. The van der Waals surface area contributed by atoms with E-state index in [1.54, 1.807) is 0 Å². The van der Waals surface area contributed by atoms with Crippen molar-refractivity contribution in [2.24, 2.45) is 0 Å². The van der Waals surface area contributed by atoms with Crippen LogP contribution in [0.3, 0.4) is 0 Å². The monoisotopic (exact) mass is 287 g/mol. The van der Waals surface area contributed by atoms with E-state index in [4.69, 9.17) is 4.74 Å². The number of anilines is 1. The summed E-state index contributed by atoms with van der Waals surface area (Å²) in [6.07, 6.45) is 4.73. The first kappa shape index (κ1) is 15.1. The maximum absolute atomic E-state index is 11.8. The van der Waals surface area contributed by atoms with E-state index in [1.165, 1.54) is 7.11 Å². The van der Waals surface area contributed by atoms with Crippen molar-refractivity contribution in [1.82, 2.24) is 9.55 Å². The average molecular weight is 287 g/mol. The molecule has 21 heavy (non-hydrogen) atoms. The molecule has 112 valence electrons. The zero-order valence-electron chi connectivity index (χ0n) is 12.7. The van der Waals surface area contributed by atoms with Gasteiger partial charge in [-0.25, -0.2) is 9.78 Å². The Hall–Kier alpha value is -2.30. The number of aromatic nitrogens is 2. The van der Waals surface area contributed by atoms with Crippen molar-refractivity contribution >= 4 is 11.7 Å². The fraction of sp³-hybridized carbons (Fsp3) is 0.375. The Bertz CT molecular complexity index is 620. The Morgan fingerprint density at radius 3 is 2.95 bits per heavy atom. The molecule has 2 rings (SSSR count). The van der Waals surface area contributed by atoms with Crippen molar-refractivity contribution in [2.75, 3.05) is 12.4 Å². The van der Waals surface area contributed by atoms with Crippen molar-refractivity contribution < 1.29 is 9.53 Å². The first-order valence-corrected chi connectivity index (χ1v) is 7.07. The number of hydrogen-bond acceptors (Lipinski definition) is 4. The number of carbonyl (C=O) groups is 1. The first-order valence-electron chi connectivity index (χ1n) is 7.07. The van der Waals surface area contributed by atoms with Gasteiger partial charge in [-0.1, -0.05) is 18.6 Å². The second-order valence-corrected chi connectivity index (χ2v) is 4.97. The van der Waals surface area contributed by atoms with Gasteiger partial charge < -0.3 is 14.6 Å². The molecule has 0 saturated carbocycles. The molecular weight excluding hydrogens is 266 g/mol. The summed E-state index contributed by atoms with van der Waals surface area (Å²) in [5.41, 5.74) is 3.45. The summed E-state index contributed by atoms with van der Waals surface area (Å²) in [5.74, 6) is -0.330. The molecule has 1 aromatic carbocycles. The molecule has 0 unspecified atom stereocenters. The second kappa shape index (κ2) is 6.92. The molecule has 5 nitrogen and oxygen atoms in total. The number of benzene rings is 1. The second-order valence-electron chi connectivity index (χ2n) is 4.97. The molecule has 0 radical (unpaired) electrons. The van der Waals surface area contributed by atoms with E-state index < -0.39 is 0 Å². The van der Waals surface area contributed by atoms with Gasteiger partial charge in [0.2, 0.25) is 0 Å². The highest BCUT2D eigenvalue weighted by Crippen LogP contribution is 2.19. The van der Waals surface area contributed by atoms with Crippen molar-refractivity contribution in [3.05, 3.63) is 47.5 Å². The van der Waals surface area contributed by atoms with Gasteiger partial charge in [-0.3, -0.25) is 0 Å². The predicted octanol–water partition coefficient (Wildman–Crippen LogP) is 3.00. The van der Waals surface area contributed by atoms with Crippen LogP contribution >= 0.6 is 0 Å². The number of hydrogen-bond donors (Lipinski definition) is 1. The maximum Gasteiger partial charge on any atom is 0.339 e. The van der Waals surface area contributed by atoms with Crippen LogP contribution in [0.1, 0.15) is 35.0 Å². The number of aryl methyl sites for hydroxylation is 2. The van der Waals surface area contributed by atoms with Gasteiger partial charge in [0.05, 0.1) is 31.2 Å². The molecule has 5 heteroatoms. The number of ether oxygens (including phenoxy) is 1. The van der Waals surface area contributed by atoms with Gasteiger partial charge in [-0.05, 0) is 25.5 Å². The minimum absolute atomic E-state index is 0.330. The molecule has 0 amide bonds. The minimum atomic E-state index is -0.330. The molecule has 1 heterocycles. The summed E-state index contributed by atoms with van der Waals surface area (Å²) < 4.78 is 6.94. The Morgan fingerprint density at radius 1 is 1.43 bits per heavy atom. The van der Waals surface area contributed by atoms with Gasteiger partial charge in [0.1, 0.15) is 0 Å². The van der Waals surface area contributed by atoms with Crippen LogP contribution in [-0.2, 0) is 17.8 Å². The number of nitrogens with zero attached hydrogens (tertiary/aromatic N) is 2. The lowest BCUT2D eigenvalue weighted by Gasteiger charge is -2.12. The summed E-state index contributed by atoms with van der Waals surface area (Å²) in [6, 6.07) is 5.71. The molecule has 0 atom stereocenters. The molecule has 1 N–H and O–H groups in total. The molecule has 2 aromatic rings. The van der Waals surface area contributed by atoms with E-state index in [-0.39, 0.29) is 5.97 Å². The number of rotatable bonds is 6. The van der Waals surface area contributed by atoms with Gasteiger partial charge in [-0.15, -0.1) is 0 Å². The molecule has 0 aliphatic heterocycles. The van der Waals surface area contributed by atoms with Crippen molar-refractivity contribution in [1.29, 1.82) is 0 Å². The van der Waals surface area contributed by atoms with E-state index in [1.807, 2.05) is 37.6 Å². The Balaban J connectivity index is 2.16. The molecule has 0 fully saturated rings. The van der Waals surface area contributed by atoms with Crippen LogP contribution in [0.2, 0.25) is 0 Å². The highest BCUT2D eigenvalue weighted by molar-refractivity contribution is 5.95. The van der Waals surface area contributed by atoms with Gasteiger partial charge in [-0.2, -0.15) is 0 Å². The normalized spacial score (nSPS) is 10.4. The van der Waals surface area contributed by atoms with E-state index in [2.05, 4.69) is 21.8 Å². The summed E-state index contributed by atoms with van der Waals surface area (Å²) >= 11 is 0. The third-order valence-electron chi connectivity index (χ3n) is 3.30. The lowest BCUT2D eigenvalue weighted by molar-refractivity contribution is 0.0601. The van der Waals surface area contributed by atoms with Crippen LogP contribution < -0.4 is 5.32 Å². The lowest BCUT2D eigenvalue weighted by atomic mass is 10.1. The highest BCUT2D eigenvalue weighted by atomic mass is 16.5. The lowest BCUT2D eigenvalue weighted by Crippen LogP contribution is -2.11. The van der Waals surface area contributed by atoms with Crippen LogP contribution in [-0.4, -0.2) is 22.6 Å². The van der Waals surface area contributed by atoms with E-state index in [0.717, 1.165) is 29.9 Å². The maximum atomic E-state index is 11.8. The van der Waals surface area contributed by atoms with Crippen molar-refractivity contribution in [3.63, 3.8) is 0 Å². The van der Waals surface area contributed by atoms with Crippen LogP contribution in [0.25, 0.3) is 0 Å². The molecular formula is C16H21N3O2. The molecule has 0 bridgehead atoms. The van der Waals surface area contributed by atoms with Crippen molar-refractivity contribution in [3.8, 4) is 0 Å². The number of imidazole rings is 1. The summed E-state index contributed by atoms with van der Waals surface area (Å²) in [4.78, 5) is 16.0. The van der Waals surface area contributed by atoms with Crippen LogP contribution in [0.4, 0.5) is 5.69 Å². The first-order chi connectivity index (χ1) is 10.2. The van der Waals surface area contributed by atoms with Crippen LogP contribution in [0.5, 0.6) is 0 Å². The zero-order valence-corrected chi connectivity index (χ0v) is 12.7. The summed E-state index contributed by atoms with van der Waals surface area (Å²) in [6.45, 7) is 5.64. The summed E-state index contributed by atoms with van der Waals surface area (Å²) in [5, 5.41) is 3.30. The Labute approximate surface area is 125 Å². The van der Waals surface area contributed by atoms with E-state index >= 15 is 0 Å². The standard InChI is InChI=1S/C16H21N3O2/c1-4-7-19-11-17-9-13(19)10-18-15-6-5-12(2)8-14(15)16(20)21-3/h5-6,8-9,11,18H,4,7,10H2,1-3H3. The van der Waals surface area contributed by atoms with Crippen LogP contribution in [0.15, 0.2) is 30.7 Å². The predicted molar refractivity (Wildman–Crippen MR) is 82.4 cm³/mol. The molecule has 0 spiro atoms. The molecule has 0 aliphatic carbocycles. The van der Waals surface area contributed by atoms with Gasteiger partial charge in [0.15, 0.2) is 0 Å². The van der Waals surface area contributed by atoms with Gasteiger partial charge in [0, 0.05) is 18.4 Å². The smallest absolute Gasteiger partial charge is 0.339 e. The Morgan fingerprint density at radius 2 is 2.24 bits per heavy atom. The third kappa shape index (κ3) is 3.62. The average Bonchev–Trinajstić information content (AvgIpc) is 2.93. The zero-order chi connectivity index (χ0) is 15.2. The third-order valence-corrected chi connectivity index (χ3v) is 3.30. The largest absolute Gasteiger partial charge is 0.465 e. The molecule has 1 aromatic heterocycles. The van der Waals surface area contributed by atoms with Gasteiger partial charge in [0.25, 0.3) is 0 Å². The topological polar surface area (TPSA) is 56.2 Å². The Kier molecular flexibility index (Phi) is 4.98. The van der Waals surface area contributed by atoms with E-state index in [9.17, 15) is 4.79 Å². The highest BCUT2D eigenvalue weighted by Gasteiger charge is 2.12. The van der Waals surface area contributed by atoms with E-state index in [0.29, 0.717) is 12.1 Å². The molecule has 0 aliphatic rings. The number of esters is 1. The quantitative estimate of drug-likeness (QED) is 0.830. The van der Waals surface area contributed by atoms with Gasteiger partial charge >= 0.3 is 5.97 Å². The fourth-order valence-corrected chi connectivity index (χ4v) is 2.21. The number of methoxy groups -OCH3 is 1. The SMILES string of the molecule is CCCn1cncc1CNc1ccc(C)cc1C(=O)OC. The molecule has 0 saturated heterocycles. The summed E-state index contributed by atoms with van der Waals surface area (Å²) in [7, 11) is 1.39. The number of nitrogens with one attached hydrogen (secondary N) is 1. The number of carbonyl (C=O) groups excluding carboxylic acids is 1. The van der Waals surface area contributed by atoms with Crippen molar-refractivity contribution in [2.45, 2.75) is 33.4 Å². The minimum Gasteiger partial charge on any atom is -0.465 e.